The first-order valence-corrected chi connectivity index (χ1v) is 9.14. The van der Waals surface area contributed by atoms with Crippen LogP contribution in [0.3, 0.4) is 0 Å². The van der Waals surface area contributed by atoms with Gasteiger partial charge in [-0.05, 0) is 55.0 Å². The van der Waals surface area contributed by atoms with Crippen molar-refractivity contribution in [2.45, 2.75) is 43.9 Å². The molecule has 1 amide bonds. The third-order valence-corrected chi connectivity index (χ3v) is 5.09. The van der Waals surface area contributed by atoms with Crippen molar-refractivity contribution in [2.24, 2.45) is 5.92 Å². The third kappa shape index (κ3) is 7.15. The van der Waals surface area contributed by atoms with Crippen LogP contribution >= 0.6 is 24.2 Å². The van der Waals surface area contributed by atoms with Crippen LogP contribution in [0.4, 0.5) is 0 Å². The molecule has 0 aliphatic carbocycles. The molecule has 1 fully saturated rings. The van der Waals surface area contributed by atoms with Crippen molar-refractivity contribution in [3.8, 4) is 0 Å². The van der Waals surface area contributed by atoms with Crippen molar-refractivity contribution in [2.75, 3.05) is 25.4 Å². The average Bonchev–Trinajstić information content (AvgIpc) is 2.51. The van der Waals surface area contributed by atoms with Gasteiger partial charge in [0.05, 0.1) is 5.75 Å². The minimum Gasteiger partial charge on any atom is -0.355 e. The van der Waals surface area contributed by atoms with E-state index in [2.05, 4.69) is 55.7 Å². The van der Waals surface area contributed by atoms with Gasteiger partial charge in [0, 0.05) is 11.4 Å². The molecule has 2 N–H and O–H groups in total. The number of carbonyl (C=O) groups is 1. The van der Waals surface area contributed by atoms with E-state index < -0.39 is 0 Å². The minimum absolute atomic E-state index is 0. The highest BCUT2D eigenvalue weighted by molar-refractivity contribution is 8.00. The zero-order valence-corrected chi connectivity index (χ0v) is 16.0. The Bertz CT molecular complexity index is 479. The summed E-state index contributed by atoms with van der Waals surface area (Å²) in [6.45, 7) is 9.58. The third-order valence-electron chi connectivity index (χ3n) is 4.08. The molecule has 1 unspecified atom stereocenters. The highest BCUT2D eigenvalue weighted by Crippen LogP contribution is 2.25. The van der Waals surface area contributed by atoms with E-state index >= 15 is 0 Å². The van der Waals surface area contributed by atoms with Crippen LogP contribution in [0.1, 0.15) is 39.2 Å². The summed E-state index contributed by atoms with van der Waals surface area (Å²) in [7, 11) is 0. The van der Waals surface area contributed by atoms with Gasteiger partial charge in [0.25, 0.3) is 0 Å². The summed E-state index contributed by atoms with van der Waals surface area (Å²) in [6.07, 6.45) is 2.43. The molecule has 1 atom stereocenters. The van der Waals surface area contributed by atoms with Gasteiger partial charge in [0.2, 0.25) is 5.91 Å². The molecule has 1 aliphatic heterocycles. The molecule has 3 nitrogen and oxygen atoms in total. The fourth-order valence-corrected chi connectivity index (χ4v) is 3.34. The van der Waals surface area contributed by atoms with Gasteiger partial charge in [0.15, 0.2) is 0 Å². The second-order valence-corrected chi connectivity index (χ2v) is 8.13. The van der Waals surface area contributed by atoms with Crippen LogP contribution in [0.5, 0.6) is 0 Å². The van der Waals surface area contributed by atoms with E-state index in [1.165, 1.54) is 18.4 Å². The van der Waals surface area contributed by atoms with Gasteiger partial charge >= 0.3 is 0 Å². The number of piperidine rings is 1. The van der Waals surface area contributed by atoms with Gasteiger partial charge in [-0.3, -0.25) is 4.79 Å². The minimum atomic E-state index is 0. The fraction of sp³-hybridized carbons (Fsp3) is 0.611. The van der Waals surface area contributed by atoms with E-state index in [-0.39, 0.29) is 23.7 Å². The number of hydrogen-bond donors (Lipinski definition) is 2. The summed E-state index contributed by atoms with van der Waals surface area (Å²) >= 11 is 1.61. The number of thioether (sulfide) groups is 1. The molecule has 1 aliphatic rings. The van der Waals surface area contributed by atoms with Crippen molar-refractivity contribution in [3.05, 3.63) is 29.8 Å². The molecule has 130 valence electrons. The van der Waals surface area contributed by atoms with Gasteiger partial charge < -0.3 is 10.6 Å². The number of amides is 1. The first-order chi connectivity index (χ1) is 10.4. The molecule has 1 saturated heterocycles. The SMILES string of the molecule is CC(C)(C)c1ccc(SCC(=O)NCC2CCCNC2)cc1.Cl. The first-order valence-electron chi connectivity index (χ1n) is 8.16. The normalized spacial score (nSPS) is 18.1. The number of carbonyl (C=O) groups excluding carboxylic acids is 1. The molecular formula is C18H29ClN2OS. The fourth-order valence-electron chi connectivity index (χ4n) is 2.61. The van der Waals surface area contributed by atoms with Crippen molar-refractivity contribution in [1.82, 2.24) is 10.6 Å². The molecule has 1 aromatic carbocycles. The predicted molar refractivity (Wildman–Crippen MR) is 102 cm³/mol. The lowest BCUT2D eigenvalue weighted by Gasteiger charge is -2.22. The van der Waals surface area contributed by atoms with E-state index in [1.54, 1.807) is 11.8 Å². The lowest BCUT2D eigenvalue weighted by atomic mass is 9.87. The maximum Gasteiger partial charge on any atom is 0.230 e. The zero-order valence-electron chi connectivity index (χ0n) is 14.4. The summed E-state index contributed by atoms with van der Waals surface area (Å²) in [6, 6.07) is 8.55. The smallest absolute Gasteiger partial charge is 0.230 e. The van der Waals surface area contributed by atoms with Crippen LogP contribution in [0, 0.1) is 5.92 Å². The summed E-state index contributed by atoms with van der Waals surface area (Å²) < 4.78 is 0. The Labute approximate surface area is 150 Å². The van der Waals surface area contributed by atoms with Crippen molar-refractivity contribution < 1.29 is 4.79 Å². The lowest BCUT2D eigenvalue weighted by Crippen LogP contribution is -2.38. The molecule has 23 heavy (non-hydrogen) atoms. The average molecular weight is 357 g/mol. The van der Waals surface area contributed by atoms with Crippen LogP contribution in [0.2, 0.25) is 0 Å². The Morgan fingerprint density at radius 1 is 1.30 bits per heavy atom. The summed E-state index contributed by atoms with van der Waals surface area (Å²) in [5.41, 5.74) is 1.50. The Hall–Kier alpha value is -0.710. The Balaban J connectivity index is 0.00000264. The summed E-state index contributed by atoms with van der Waals surface area (Å²) in [5, 5.41) is 6.44. The molecule has 1 aromatic rings. The van der Waals surface area contributed by atoms with Crippen LogP contribution in [-0.2, 0) is 10.2 Å². The number of hydrogen-bond acceptors (Lipinski definition) is 3. The highest BCUT2D eigenvalue weighted by Gasteiger charge is 2.15. The molecule has 0 aromatic heterocycles. The quantitative estimate of drug-likeness (QED) is 0.792. The topological polar surface area (TPSA) is 41.1 Å². The van der Waals surface area contributed by atoms with E-state index in [4.69, 9.17) is 0 Å². The van der Waals surface area contributed by atoms with Gasteiger partial charge in [-0.15, -0.1) is 24.2 Å². The molecular weight excluding hydrogens is 328 g/mol. The molecule has 5 heteroatoms. The van der Waals surface area contributed by atoms with Crippen LogP contribution < -0.4 is 10.6 Å². The van der Waals surface area contributed by atoms with Crippen molar-refractivity contribution in [3.63, 3.8) is 0 Å². The van der Waals surface area contributed by atoms with Crippen LogP contribution in [0.25, 0.3) is 0 Å². The second-order valence-electron chi connectivity index (χ2n) is 7.08. The van der Waals surface area contributed by atoms with E-state index in [1.807, 2.05) is 0 Å². The van der Waals surface area contributed by atoms with Gasteiger partial charge in [-0.2, -0.15) is 0 Å². The van der Waals surface area contributed by atoms with Gasteiger partial charge in [-0.1, -0.05) is 32.9 Å². The van der Waals surface area contributed by atoms with E-state index in [0.29, 0.717) is 11.7 Å². The van der Waals surface area contributed by atoms with Crippen LogP contribution in [0.15, 0.2) is 29.2 Å². The van der Waals surface area contributed by atoms with Gasteiger partial charge in [0.1, 0.15) is 0 Å². The maximum atomic E-state index is 11.9. The molecule has 1 heterocycles. The second kappa shape index (κ2) is 9.55. The first kappa shape index (κ1) is 20.3. The zero-order chi connectivity index (χ0) is 16.0. The molecule has 0 bridgehead atoms. The summed E-state index contributed by atoms with van der Waals surface area (Å²) in [4.78, 5) is 13.1. The van der Waals surface area contributed by atoms with E-state index in [0.717, 1.165) is 24.5 Å². The predicted octanol–water partition coefficient (Wildman–Crippen LogP) is 3.61. The monoisotopic (exact) mass is 356 g/mol. The maximum absolute atomic E-state index is 11.9. The summed E-state index contributed by atoms with van der Waals surface area (Å²) in [5.74, 6) is 1.22. The highest BCUT2D eigenvalue weighted by atomic mass is 35.5. The number of halogens is 1. The van der Waals surface area contributed by atoms with Gasteiger partial charge in [-0.25, -0.2) is 0 Å². The molecule has 0 saturated carbocycles. The largest absolute Gasteiger partial charge is 0.355 e. The molecule has 0 spiro atoms. The number of nitrogens with one attached hydrogen (secondary N) is 2. The Morgan fingerprint density at radius 2 is 2.00 bits per heavy atom. The van der Waals surface area contributed by atoms with Crippen molar-refractivity contribution >= 4 is 30.1 Å². The van der Waals surface area contributed by atoms with E-state index in [9.17, 15) is 4.79 Å². The van der Waals surface area contributed by atoms with Crippen LogP contribution in [-0.4, -0.2) is 31.3 Å². The standard InChI is InChI=1S/C18H28N2OS.ClH/c1-18(2,3)15-6-8-16(9-7-15)22-13-17(21)20-12-14-5-4-10-19-11-14;/h6-9,14,19H,4-5,10-13H2,1-3H3,(H,20,21);1H. The number of rotatable bonds is 5. The molecule has 0 radical (unpaired) electrons. The Kier molecular flexibility index (Phi) is 8.45. The molecule has 2 rings (SSSR count). The van der Waals surface area contributed by atoms with Crippen molar-refractivity contribution in [1.29, 1.82) is 0 Å². The number of benzene rings is 1. The Morgan fingerprint density at radius 3 is 2.57 bits per heavy atom. The lowest BCUT2D eigenvalue weighted by molar-refractivity contribution is -0.118.